The van der Waals surface area contributed by atoms with Gasteiger partial charge in [-0.05, 0) is 42.0 Å². The topological polar surface area (TPSA) is 91.7 Å². The molecule has 35 heavy (non-hydrogen) atoms. The number of para-hydroxylation sites is 3. The zero-order valence-corrected chi connectivity index (χ0v) is 20.4. The maximum Gasteiger partial charge on any atom is 0.266 e. The van der Waals surface area contributed by atoms with Crippen molar-refractivity contribution in [1.82, 2.24) is 14.9 Å². The number of rotatable bonds is 9. The van der Waals surface area contributed by atoms with Gasteiger partial charge in [0.15, 0.2) is 16.7 Å². The van der Waals surface area contributed by atoms with Gasteiger partial charge in [0.05, 0.1) is 43.7 Å². The van der Waals surface area contributed by atoms with Gasteiger partial charge >= 0.3 is 0 Å². The Labute approximate surface area is 206 Å². The van der Waals surface area contributed by atoms with Gasteiger partial charge in [0, 0.05) is 6.54 Å². The molecular weight excluding hydrogens is 466 g/mol. The largest absolute Gasteiger partial charge is 0.495 e. The van der Waals surface area contributed by atoms with Crippen molar-refractivity contribution in [3.05, 3.63) is 82.6 Å². The number of hydrogen-bond donors (Lipinski definition) is 1. The molecule has 0 atom stereocenters. The summed E-state index contributed by atoms with van der Waals surface area (Å²) in [6, 6.07) is 19.8. The third-order valence-electron chi connectivity index (χ3n) is 5.34. The van der Waals surface area contributed by atoms with Gasteiger partial charge in [0.25, 0.3) is 5.56 Å². The average molecular weight is 492 g/mol. The summed E-state index contributed by atoms with van der Waals surface area (Å²) in [7, 11) is 4.68. The van der Waals surface area contributed by atoms with Crippen molar-refractivity contribution in [3.8, 4) is 22.9 Å². The van der Waals surface area contributed by atoms with Crippen LogP contribution in [0.5, 0.6) is 17.2 Å². The van der Waals surface area contributed by atoms with Crippen LogP contribution in [0.3, 0.4) is 0 Å². The van der Waals surface area contributed by atoms with Crippen molar-refractivity contribution in [2.75, 3.05) is 27.1 Å². The first-order valence-corrected chi connectivity index (χ1v) is 11.8. The molecule has 0 aliphatic rings. The van der Waals surface area contributed by atoms with Gasteiger partial charge in [0.1, 0.15) is 5.75 Å². The second-order valence-corrected chi connectivity index (χ2v) is 8.42. The molecule has 1 heterocycles. The molecule has 4 rings (SSSR count). The summed E-state index contributed by atoms with van der Waals surface area (Å²) in [4.78, 5) is 30.8. The highest BCUT2D eigenvalue weighted by Crippen LogP contribution is 2.28. The Morgan fingerprint density at radius 2 is 1.63 bits per heavy atom. The van der Waals surface area contributed by atoms with Gasteiger partial charge in [-0.25, -0.2) is 4.98 Å². The fourth-order valence-electron chi connectivity index (χ4n) is 3.61. The Kier molecular flexibility index (Phi) is 7.57. The molecule has 0 saturated heterocycles. The number of hydrogen-bond acceptors (Lipinski definition) is 7. The lowest BCUT2D eigenvalue weighted by Gasteiger charge is -2.15. The van der Waals surface area contributed by atoms with E-state index in [-0.39, 0.29) is 17.2 Å². The average Bonchev–Trinajstić information content (AvgIpc) is 2.90. The van der Waals surface area contributed by atoms with Crippen LogP contribution < -0.4 is 25.1 Å². The summed E-state index contributed by atoms with van der Waals surface area (Å²) in [6.07, 6.45) is 0. The summed E-state index contributed by atoms with van der Waals surface area (Å²) in [5, 5.41) is 3.78. The maximum atomic E-state index is 13.4. The molecule has 0 aliphatic heterocycles. The number of aromatic nitrogens is 2. The molecule has 1 amide bonds. The van der Waals surface area contributed by atoms with E-state index in [1.807, 2.05) is 30.3 Å². The number of carbonyl (C=O) groups excluding carboxylic acids is 1. The maximum absolute atomic E-state index is 13.4. The van der Waals surface area contributed by atoms with Gasteiger partial charge in [-0.15, -0.1) is 0 Å². The first kappa shape index (κ1) is 24.2. The number of thioether (sulfide) groups is 1. The van der Waals surface area contributed by atoms with Gasteiger partial charge < -0.3 is 19.5 Å². The van der Waals surface area contributed by atoms with Crippen molar-refractivity contribution in [3.63, 3.8) is 0 Å². The number of ether oxygens (including phenoxy) is 3. The van der Waals surface area contributed by atoms with E-state index in [1.165, 1.54) is 16.3 Å². The van der Waals surface area contributed by atoms with Crippen molar-refractivity contribution in [2.45, 2.75) is 11.7 Å². The predicted octanol–water partition coefficient (Wildman–Crippen LogP) is 3.82. The molecule has 0 unspecified atom stereocenters. The van der Waals surface area contributed by atoms with Gasteiger partial charge in [-0.3, -0.25) is 14.2 Å². The van der Waals surface area contributed by atoms with Crippen molar-refractivity contribution in [2.24, 2.45) is 0 Å². The summed E-state index contributed by atoms with van der Waals surface area (Å²) < 4.78 is 17.5. The highest BCUT2D eigenvalue weighted by Gasteiger charge is 2.17. The third-order valence-corrected chi connectivity index (χ3v) is 6.28. The second-order valence-electron chi connectivity index (χ2n) is 7.48. The van der Waals surface area contributed by atoms with Crippen molar-refractivity contribution >= 4 is 28.6 Å². The SMILES string of the molecule is COc1ccc(CNC(=O)CSc2nc3ccccc3c(=O)n2-c2ccccc2OC)cc1OC. The number of methoxy groups -OCH3 is 3. The third kappa shape index (κ3) is 5.25. The van der Waals surface area contributed by atoms with E-state index in [0.29, 0.717) is 45.5 Å². The van der Waals surface area contributed by atoms with E-state index in [2.05, 4.69) is 10.3 Å². The summed E-state index contributed by atoms with van der Waals surface area (Å²) in [5.74, 6) is 1.63. The Morgan fingerprint density at radius 3 is 2.40 bits per heavy atom. The molecule has 8 nitrogen and oxygen atoms in total. The first-order valence-electron chi connectivity index (χ1n) is 10.8. The minimum Gasteiger partial charge on any atom is -0.495 e. The van der Waals surface area contributed by atoms with Crippen LogP contribution in [0.15, 0.2) is 76.7 Å². The van der Waals surface area contributed by atoms with E-state index in [1.54, 1.807) is 57.7 Å². The van der Waals surface area contributed by atoms with Crippen LogP contribution in [0.1, 0.15) is 5.56 Å². The van der Waals surface area contributed by atoms with Crippen LogP contribution in [0.25, 0.3) is 16.6 Å². The van der Waals surface area contributed by atoms with Crippen LogP contribution >= 0.6 is 11.8 Å². The number of nitrogens with one attached hydrogen (secondary N) is 1. The molecule has 1 aromatic heterocycles. The van der Waals surface area contributed by atoms with Crippen molar-refractivity contribution < 1.29 is 19.0 Å². The lowest BCUT2D eigenvalue weighted by atomic mass is 10.2. The molecule has 4 aromatic rings. The fraction of sp³-hybridized carbons (Fsp3) is 0.192. The number of nitrogens with zero attached hydrogens (tertiary/aromatic N) is 2. The molecule has 0 radical (unpaired) electrons. The Hall–Kier alpha value is -3.98. The molecule has 0 bridgehead atoms. The summed E-state index contributed by atoms with van der Waals surface area (Å²) in [6.45, 7) is 0.324. The normalized spacial score (nSPS) is 10.7. The molecule has 1 N–H and O–H groups in total. The molecule has 0 spiro atoms. The zero-order chi connectivity index (χ0) is 24.8. The second kappa shape index (κ2) is 11.0. The highest BCUT2D eigenvalue weighted by molar-refractivity contribution is 7.99. The van der Waals surface area contributed by atoms with Gasteiger partial charge in [0.2, 0.25) is 5.91 Å². The lowest BCUT2D eigenvalue weighted by molar-refractivity contribution is -0.118. The standard InChI is InChI=1S/C26H25N3O5S/c1-32-21-11-7-6-10-20(21)29-25(31)18-8-4-5-9-19(18)28-26(29)35-16-24(30)27-15-17-12-13-22(33-2)23(14-17)34-3/h4-14H,15-16H2,1-3H3,(H,27,30). The minimum absolute atomic E-state index is 0.0766. The molecule has 180 valence electrons. The monoisotopic (exact) mass is 491 g/mol. The summed E-state index contributed by atoms with van der Waals surface area (Å²) in [5.41, 5.74) is 1.77. The van der Waals surface area contributed by atoms with E-state index in [4.69, 9.17) is 14.2 Å². The van der Waals surface area contributed by atoms with E-state index < -0.39 is 0 Å². The fourth-order valence-corrected chi connectivity index (χ4v) is 4.44. The molecule has 0 fully saturated rings. The summed E-state index contributed by atoms with van der Waals surface area (Å²) >= 11 is 1.19. The Morgan fingerprint density at radius 1 is 0.914 bits per heavy atom. The molecular formula is C26H25N3O5S. The van der Waals surface area contributed by atoms with Crippen LogP contribution in [0.2, 0.25) is 0 Å². The number of fused-ring (bicyclic) bond motifs is 1. The number of carbonyl (C=O) groups is 1. The van der Waals surface area contributed by atoms with Crippen LogP contribution in [-0.4, -0.2) is 42.5 Å². The molecule has 0 saturated carbocycles. The molecule has 3 aromatic carbocycles. The van der Waals surface area contributed by atoms with Crippen LogP contribution in [-0.2, 0) is 11.3 Å². The zero-order valence-electron chi connectivity index (χ0n) is 19.6. The van der Waals surface area contributed by atoms with E-state index in [0.717, 1.165) is 5.56 Å². The van der Waals surface area contributed by atoms with Crippen LogP contribution in [0.4, 0.5) is 0 Å². The quantitative estimate of drug-likeness (QED) is 0.281. The lowest BCUT2D eigenvalue weighted by Crippen LogP contribution is -2.26. The highest BCUT2D eigenvalue weighted by atomic mass is 32.2. The van der Waals surface area contributed by atoms with E-state index >= 15 is 0 Å². The Balaban J connectivity index is 1.57. The number of amides is 1. The minimum atomic E-state index is -0.228. The van der Waals surface area contributed by atoms with Gasteiger partial charge in [-0.1, -0.05) is 42.1 Å². The molecule has 9 heteroatoms. The smallest absolute Gasteiger partial charge is 0.266 e. The van der Waals surface area contributed by atoms with E-state index in [9.17, 15) is 9.59 Å². The predicted molar refractivity (Wildman–Crippen MR) is 136 cm³/mol. The number of benzene rings is 3. The van der Waals surface area contributed by atoms with Crippen molar-refractivity contribution in [1.29, 1.82) is 0 Å². The molecule has 0 aliphatic carbocycles. The first-order chi connectivity index (χ1) is 17.0. The Bertz CT molecular complexity index is 1420. The van der Waals surface area contributed by atoms with Crippen LogP contribution in [0, 0.1) is 0 Å². The van der Waals surface area contributed by atoms with Gasteiger partial charge in [-0.2, -0.15) is 0 Å².